The number of H-pyrrole nitrogens is 1. The molecule has 1 aromatic carbocycles. The summed E-state index contributed by atoms with van der Waals surface area (Å²) in [5.41, 5.74) is 1.97. The maximum absolute atomic E-state index is 5.45. The van der Waals surface area contributed by atoms with Crippen molar-refractivity contribution in [1.29, 1.82) is 0 Å². The second-order valence-corrected chi connectivity index (χ2v) is 6.24. The number of hydrogen-bond donors (Lipinski definition) is 1. The van der Waals surface area contributed by atoms with Crippen LogP contribution in [0.4, 0.5) is 0 Å². The van der Waals surface area contributed by atoms with Gasteiger partial charge >= 0.3 is 0 Å². The molecule has 0 unspecified atom stereocenters. The van der Waals surface area contributed by atoms with Gasteiger partial charge in [0.2, 0.25) is 0 Å². The van der Waals surface area contributed by atoms with Crippen LogP contribution in [0.25, 0.3) is 10.9 Å². The third-order valence-corrected chi connectivity index (χ3v) is 4.60. The van der Waals surface area contributed by atoms with E-state index in [0.717, 1.165) is 59.9 Å². The number of aromatic amines is 1. The SMILES string of the molecule is COc1cccc2ccc(CN3CCC[C@@H]3c3n[nH]c(C)n3)nc12. The van der Waals surface area contributed by atoms with E-state index < -0.39 is 0 Å². The minimum Gasteiger partial charge on any atom is -0.494 e. The van der Waals surface area contributed by atoms with Gasteiger partial charge in [-0.1, -0.05) is 18.2 Å². The van der Waals surface area contributed by atoms with Crippen LogP contribution in [0.2, 0.25) is 0 Å². The van der Waals surface area contributed by atoms with Gasteiger partial charge in [0.1, 0.15) is 17.1 Å². The standard InChI is InChI=1S/C18H21N5O/c1-12-19-18(22-21-12)15-6-4-10-23(15)11-14-9-8-13-5-3-7-16(24-2)17(13)20-14/h3,5,7-9,15H,4,6,10-11H2,1-2H3,(H,19,21,22)/t15-/m1/s1. The molecule has 0 bridgehead atoms. The van der Waals surface area contributed by atoms with Crippen molar-refractivity contribution in [3.05, 3.63) is 47.7 Å². The Kier molecular flexibility index (Phi) is 3.90. The lowest BCUT2D eigenvalue weighted by atomic mass is 10.1. The number of rotatable bonds is 4. The smallest absolute Gasteiger partial charge is 0.167 e. The van der Waals surface area contributed by atoms with E-state index in [1.54, 1.807) is 7.11 Å². The van der Waals surface area contributed by atoms with Crippen molar-refractivity contribution in [3.8, 4) is 5.75 Å². The van der Waals surface area contributed by atoms with E-state index >= 15 is 0 Å². The highest BCUT2D eigenvalue weighted by atomic mass is 16.5. The van der Waals surface area contributed by atoms with E-state index in [0.29, 0.717) is 0 Å². The molecule has 6 heteroatoms. The van der Waals surface area contributed by atoms with Gasteiger partial charge in [-0.05, 0) is 38.4 Å². The molecule has 1 atom stereocenters. The molecule has 1 aliphatic rings. The van der Waals surface area contributed by atoms with Crippen LogP contribution < -0.4 is 4.74 Å². The van der Waals surface area contributed by atoms with Crippen LogP contribution >= 0.6 is 0 Å². The number of hydrogen-bond acceptors (Lipinski definition) is 5. The molecule has 6 nitrogen and oxygen atoms in total. The Hall–Kier alpha value is -2.47. The van der Waals surface area contributed by atoms with Crippen molar-refractivity contribution < 1.29 is 4.74 Å². The third-order valence-electron chi connectivity index (χ3n) is 4.60. The van der Waals surface area contributed by atoms with Gasteiger partial charge in [0, 0.05) is 11.9 Å². The summed E-state index contributed by atoms with van der Waals surface area (Å²) >= 11 is 0. The minimum absolute atomic E-state index is 0.269. The Bertz CT molecular complexity index is 859. The molecule has 3 heterocycles. The Morgan fingerprint density at radius 3 is 2.96 bits per heavy atom. The van der Waals surface area contributed by atoms with Gasteiger partial charge in [-0.15, -0.1) is 0 Å². The van der Waals surface area contributed by atoms with E-state index in [2.05, 4.69) is 38.3 Å². The Balaban J connectivity index is 1.61. The molecule has 0 aliphatic carbocycles. The maximum atomic E-state index is 5.45. The highest BCUT2D eigenvalue weighted by Gasteiger charge is 2.29. The maximum Gasteiger partial charge on any atom is 0.167 e. The summed E-state index contributed by atoms with van der Waals surface area (Å²) in [5.74, 6) is 2.57. The second kappa shape index (κ2) is 6.20. The molecule has 1 fully saturated rings. The van der Waals surface area contributed by atoms with E-state index in [4.69, 9.17) is 9.72 Å². The lowest BCUT2D eigenvalue weighted by Crippen LogP contribution is -2.24. The van der Waals surface area contributed by atoms with Gasteiger partial charge in [0.15, 0.2) is 5.82 Å². The Morgan fingerprint density at radius 1 is 1.25 bits per heavy atom. The van der Waals surface area contributed by atoms with Gasteiger partial charge in [-0.25, -0.2) is 9.97 Å². The molecule has 1 N–H and O–H groups in total. The first-order valence-corrected chi connectivity index (χ1v) is 8.30. The van der Waals surface area contributed by atoms with E-state index in [9.17, 15) is 0 Å². The van der Waals surface area contributed by atoms with Crippen LogP contribution in [0.1, 0.15) is 36.2 Å². The number of benzene rings is 1. The number of likely N-dealkylation sites (tertiary alicyclic amines) is 1. The Labute approximate surface area is 140 Å². The lowest BCUT2D eigenvalue weighted by Gasteiger charge is -2.21. The summed E-state index contributed by atoms with van der Waals surface area (Å²) in [6.45, 7) is 3.78. The van der Waals surface area contributed by atoms with Crippen molar-refractivity contribution in [1.82, 2.24) is 25.1 Å². The minimum atomic E-state index is 0.269. The molecule has 3 aromatic rings. The van der Waals surface area contributed by atoms with Crippen LogP contribution in [-0.2, 0) is 6.54 Å². The zero-order chi connectivity index (χ0) is 16.5. The quantitative estimate of drug-likeness (QED) is 0.799. The number of nitrogens with one attached hydrogen (secondary N) is 1. The highest BCUT2D eigenvalue weighted by molar-refractivity contribution is 5.84. The first kappa shape index (κ1) is 15.1. The molecule has 0 amide bonds. The van der Waals surface area contributed by atoms with Crippen molar-refractivity contribution in [2.24, 2.45) is 0 Å². The molecule has 124 valence electrons. The number of fused-ring (bicyclic) bond motifs is 1. The van der Waals surface area contributed by atoms with Gasteiger partial charge in [-0.3, -0.25) is 10.00 Å². The van der Waals surface area contributed by atoms with Gasteiger partial charge < -0.3 is 4.74 Å². The molecular weight excluding hydrogens is 302 g/mol. The van der Waals surface area contributed by atoms with Crippen LogP contribution in [-0.4, -0.2) is 38.7 Å². The molecule has 0 radical (unpaired) electrons. The largest absolute Gasteiger partial charge is 0.494 e. The van der Waals surface area contributed by atoms with Gasteiger partial charge in [0.25, 0.3) is 0 Å². The molecule has 1 aliphatic heterocycles. The topological polar surface area (TPSA) is 66.9 Å². The fourth-order valence-electron chi connectivity index (χ4n) is 3.44. The summed E-state index contributed by atoms with van der Waals surface area (Å²) in [6.07, 6.45) is 2.25. The first-order valence-electron chi connectivity index (χ1n) is 8.30. The number of ether oxygens (including phenoxy) is 1. The monoisotopic (exact) mass is 323 g/mol. The average Bonchev–Trinajstić information content (AvgIpc) is 3.23. The number of aryl methyl sites for hydroxylation is 1. The fourth-order valence-corrected chi connectivity index (χ4v) is 3.44. The summed E-state index contributed by atoms with van der Waals surface area (Å²) in [5, 5.41) is 8.40. The summed E-state index contributed by atoms with van der Waals surface area (Å²) in [4.78, 5) is 11.7. The summed E-state index contributed by atoms with van der Waals surface area (Å²) < 4.78 is 5.45. The number of aromatic nitrogens is 4. The van der Waals surface area contributed by atoms with Gasteiger partial charge in [0.05, 0.1) is 18.8 Å². The lowest BCUT2D eigenvalue weighted by molar-refractivity contribution is 0.237. The van der Waals surface area contributed by atoms with Crippen molar-refractivity contribution >= 4 is 10.9 Å². The molecule has 2 aromatic heterocycles. The van der Waals surface area contributed by atoms with Crippen molar-refractivity contribution in [3.63, 3.8) is 0 Å². The fraction of sp³-hybridized carbons (Fsp3) is 0.389. The van der Waals surface area contributed by atoms with E-state index in [1.165, 1.54) is 0 Å². The highest BCUT2D eigenvalue weighted by Crippen LogP contribution is 2.31. The van der Waals surface area contributed by atoms with Gasteiger partial charge in [-0.2, -0.15) is 5.10 Å². The second-order valence-electron chi connectivity index (χ2n) is 6.24. The summed E-state index contributed by atoms with van der Waals surface area (Å²) in [6, 6.07) is 10.5. The number of para-hydroxylation sites is 1. The zero-order valence-electron chi connectivity index (χ0n) is 14.0. The predicted octanol–water partition coefficient (Wildman–Crippen LogP) is 3.01. The van der Waals surface area contributed by atoms with Crippen molar-refractivity contribution in [2.45, 2.75) is 32.4 Å². The molecule has 0 spiro atoms. The van der Waals surface area contributed by atoms with Crippen LogP contribution in [0.3, 0.4) is 0 Å². The first-order chi connectivity index (χ1) is 11.7. The van der Waals surface area contributed by atoms with Crippen LogP contribution in [0, 0.1) is 6.92 Å². The normalized spacial score (nSPS) is 18.3. The predicted molar refractivity (Wildman–Crippen MR) is 91.8 cm³/mol. The molecule has 0 saturated carbocycles. The average molecular weight is 323 g/mol. The molecule has 4 rings (SSSR count). The molecule has 24 heavy (non-hydrogen) atoms. The van der Waals surface area contributed by atoms with E-state index in [1.807, 2.05) is 19.1 Å². The molecule has 1 saturated heterocycles. The number of methoxy groups -OCH3 is 1. The molecular formula is C18H21N5O. The zero-order valence-corrected chi connectivity index (χ0v) is 14.0. The number of nitrogens with zero attached hydrogens (tertiary/aromatic N) is 4. The van der Waals surface area contributed by atoms with Crippen LogP contribution in [0.15, 0.2) is 30.3 Å². The Morgan fingerprint density at radius 2 is 2.17 bits per heavy atom. The van der Waals surface area contributed by atoms with E-state index in [-0.39, 0.29) is 6.04 Å². The van der Waals surface area contributed by atoms with Crippen molar-refractivity contribution in [2.75, 3.05) is 13.7 Å². The summed E-state index contributed by atoms with van der Waals surface area (Å²) in [7, 11) is 1.69. The third kappa shape index (κ3) is 2.73. The number of pyridine rings is 1. The van der Waals surface area contributed by atoms with Crippen LogP contribution in [0.5, 0.6) is 5.75 Å².